The van der Waals surface area contributed by atoms with Gasteiger partial charge in [0, 0.05) is 28.5 Å². The molecular formula is C49H59FN8O11. The fourth-order valence-electron chi connectivity index (χ4n) is 8.64. The van der Waals surface area contributed by atoms with Crippen LogP contribution in [0.4, 0.5) is 4.39 Å². The molecule has 0 saturated carbocycles. The van der Waals surface area contributed by atoms with Gasteiger partial charge in [-0.3, -0.25) is 19.2 Å². The van der Waals surface area contributed by atoms with Crippen LogP contribution in [0.2, 0.25) is 0 Å². The molecule has 4 aromatic rings. The van der Waals surface area contributed by atoms with E-state index in [4.69, 9.17) is 43.7 Å². The smallest absolute Gasteiger partial charge is 0.313 e. The van der Waals surface area contributed by atoms with Crippen molar-refractivity contribution in [3.8, 4) is 17.1 Å². The van der Waals surface area contributed by atoms with Gasteiger partial charge in [-0.15, -0.1) is 0 Å². The number of cyclic esters (lactones) is 1. The minimum atomic E-state index is -1.57. The molecule has 1 aliphatic carbocycles. The predicted molar refractivity (Wildman–Crippen MR) is 251 cm³/mol. The summed E-state index contributed by atoms with van der Waals surface area (Å²) < 4.78 is 55.4. The molecule has 2 amide bonds. The SMILES string of the molecule is CCC1C(=O)OCc2c1cc1n(c2=O)Cc2c-1nc1cc(F)c(C)c3c1c2[C@H](NC(=O)C(C)(C)C(=O)N/N=C(/C)c1ccc(OCCOCCOCCOCCOCCOCCN=[N+]=[N-])cc1)CC3. The maximum atomic E-state index is 15.4. The molecule has 1 unspecified atom stereocenters. The molecule has 7 rings (SSSR count). The van der Waals surface area contributed by atoms with Gasteiger partial charge in [-0.25, -0.2) is 14.8 Å². The average Bonchev–Trinajstić information content (AvgIpc) is 3.71. The third-order valence-corrected chi connectivity index (χ3v) is 12.6. The quantitative estimate of drug-likeness (QED) is 0.0102. The molecular weight excluding hydrogens is 896 g/mol. The molecule has 0 fully saturated rings. The summed E-state index contributed by atoms with van der Waals surface area (Å²) >= 11 is 0. The first-order valence-electron chi connectivity index (χ1n) is 23.2. The van der Waals surface area contributed by atoms with Crippen LogP contribution in [-0.2, 0) is 62.4 Å². The molecule has 0 saturated heterocycles. The highest BCUT2D eigenvalue weighted by Gasteiger charge is 2.41. The van der Waals surface area contributed by atoms with Gasteiger partial charge in [0.1, 0.15) is 30.2 Å². The zero-order valence-corrected chi connectivity index (χ0v) is 39.7. The number of aromatic nitrogens is 2. The molecule has 20 heteroatoms. The Morgan fingerprint density at radius 2 is 1.55 bits per heavy atom. The van der Waals surface area contributed by atoms with E-state index in [2.05, 4.69) is 25.9 Å². The van der Waals surface area contributed by atoms with Gasteiger partial charge in [0.05, 0.1) is 113 Å². The molecule has 2 atom stereocenters. The lowest BCUT2D eigenvalue weighted by molar-refractivity contribution is -0.148. The fourth-order valence-corrected chi connectivity index (χ4v) is 8.64. The second-order valence-electron chi connectivity index (χ2n) is 17.3. The van der Waals surface area contributed by atoms with Crippen LogP contribution >= 0.6 is 0 Å². The van der Waals surface area contributed by atoms with Crippen LogP contribution in [0.5, 0.6) is 5.75 Å². The Morgan fingerprint density at radius 1 is 0.913 bits per heavy atom. The summed E-state index contributed by atoms with van der Waals surface area (Å²) in [6.07, 6.45) is 1.33. The van der Waals surface area contributed by atoms with E-state index >= 15 is 4.39 Å². The number of carbonyl (C=O) groups excluding carboxylic acids is 3. The van der Waals surface area contributed by atoms with E-state index in [1.165, 1.54) is 19.9 Å². The van der Waals surface area contributed by atoms with Crippen molar-refractivity contribution >= 4 is 34.4 Å². The number of amides is 2. The van der Waals surface area contributed by atoms with Crippen LogP contribution < -0.4 is 21.0 Å². The molecule has 4 heterocycles. The van der Waals surface area contributed by atoms with Crippen molar-refractivity contribution in [2.75, 3.05) is 79.2 Å². The number of halogens is 1. The Balaban J connectivity index is 0.883. The largest absolute Gasteiger partial charge is 0.491 e. The summed E-state index contributed by atoms with van der Waals surface area (Å²) in [7, 11) is 0. The maximum Gasteiger partial charge on any atom is 0.313 e. The number of fused-ring (bicyclic) bond motifs is 5. The number of rotatable bonds is 25. The summed E-state index contributed by atoms with van der Waals surface area (Å²) in [6, 6.07) is 9.83. The Labute approximate surface area is 398 Å². The van der Waals surface area contributed by atoms with Gasteiger partial charge in [0.15, 0.2) is 0 Å². The average molecular weight is 955 g/mol. The number of aryl methyl sites for hydroxylation is 1. The molecule has 3 aliphatic rings. The van der Waals surface area contributed by atoms with Gasteiger partial charge in [-0.1, -0.05) is 12.0 Å². The predicted octanol–water partition coefficient (Wildman–Crippen LogP) is 5.87. The first-order chi connectivity index (χ1) is 33.3. The van der Waals surface area contributed by atoms with Gasteiger partial charge in [0.2, 0.25) is 5.91 Å². The second kappa shape index (κ2) is 23.3. The van der Waals surface area contributed by atoms with Crippen LogP contribution in [0.1, 0.15) is 91.4 Å². The van der Waals surface area contributed by atoms with Crippen molar-refractivity contribution in [3.63, 3.8) is 0 Å². The number of hydrogen-bond donors (Lipinski definition) is 2. The van der Waals surface area contributed by atoms with Crippen molar-refractivity contribution < 1.29 is 51.9 Å². The first kappa shape index (κ1) is 50.6. The summed E-state index contributed by atoms with van der Waals surface area (Å²) in [6.45, 7) is 13.2. The number of benzene rings is 2. The van der Waals surface area contributed by atoms with Crippen molar-refractivity contribution in [1.29, 1.82) is 0 Å². The molecule has 0 spiro atoms. The van der Waals surface area contributed by atoms with Crippen LogP contribution in [-0.4, -0.2) is 112 Å². The highest BCUT2D eigenvalue weighted by Crippen LogP contribution is 2.46. The minimum Gasteiger partial charge on any atom is -0.491 e. The number of carbonyl (C=O) groups is 3. The Hall–Kier alpha value is -6.28. The molecule has 0 bridgehead atoms. The number of nitrogens with one attached hydrogen (secondary N) is 2. The summed E-state index contributed by atoms with van der Waals surface area (Å²) in [5, 5.41) is 11.6. The zero-order chi connectivity index (χ0) is 49.1. The van der Waals surface area contributed by atoms with Gasteiger partial charge < -0.3 is 43.0 Å². The monoisotopic (exact) mass is 954 g/mol. The molecule has 368 valence electrons. The maximum absolute atomic E-state index is 15.4. The van der Waals surface area contributed by atoms with Crippen molar-refractivity contribution in [2.24, 2.45) is 15.6 Å². The number of ether oxygens (including phenoxy) is 7. The van der Waals surface area contributed by atoms with Gasteiger partial charge >= 0.3 is 5.97 Å². The van der Waals surface area contributed by atoms with Gasteiger partial charge in [-0.05, 0) is 111 Å². The van der Waals surface area contributed by atoms with E-state index in [0.29, 0.717) is 144 Å². The molecule has 2 aliphatic heterocycles. The molecule has 2 aromatic carbocycles. The summed E-state index contributed by atoms with van der Waals surface area (Å²) in [4.78, 5) is 62.1. The van der Waals surface area contributed by atoms with E-state index in [1.54, 1.807) is 30.5 Å². The highest BCUT2D eigenvalue weighted by atomic mass is 19.1. The summed E-state index contributed by atoms with van der Waals surface area (Å²) in [5.74, 6) is -1.91. The third-order valence-electron chi connectivity index (χ3n) is 12.6. The van der Waals surface area contributed by atoms with Crippen molar-refractivity contribution in [1.82, 2.24) is 20.3 Å². The third kappa shape index (κ3) is 11.6. The second-order valence-corrected chi connectivity index (χ2v) is 17.3. The number of nitrogens with zero attached hydrogens (tertiary/aromatic N) is 6. The lowest BCUT2D eigenvalue weighted by atomic mass is 9.81. The lowest BCUT2D eigenvalue weighted by Crippen LogP contribution is -2.48. The van der Waals surface area contributed by atoms with E-state index in [9.17, 15) is 19.2 Å². The number of esters is 1. The van der Waals surface area contributed by atoms with Crippen molar-refractivity contribution in [3.05, 3.63) is 102 Å². The normalized spacial score (nSPS) is 16.0. The van der Waals surface area contributed by atoms with Crippen LogP contribution in [0.15, 0.2) is 51.4 Å². The Kier molecular flexibility index (Phi) is 17.1. The Morgan fingerprint density at radius 3 is 2.19 bits per heavy atom. The minimum absolute atomic E-state index is 0.117. The lowest BCUT2D eigenvalue weighted by Gasteiger charge is -2.32. The van der Waals surface area contributed by atoms with Gasteiger partial charge in [-0.2, -0.15) is 5.10 Å². The molecule has 19 nitrogen and oxygen atoms in total. The van der Waals surface area contributed by atoms with Crippen molar-refractivity contribution in [2.45, 2.75) is 79.0 Å². The zero-order valence-electron chi connectivity index (χ0n) is 39.7. The first-order valence-corrected chi connectivity index (χ1v) is 23.2. The number of azide groups is 1. The fraction of sp³-hybridized carbons (Fsp3) is 0.510. The standard InChI is InChI=1S/C49H59FN8O11/c1-6-33-35-25-41-44-36(27-58(41)45(59)37(35)28-69-46(33)60)43-39(12-11-34-29(2)38(50)26-40(53-44)42(34)43)54-47(61)49(4,5)48(62)56-55-30(3)31-7-9-32(10-8-31)68-24-23-67-22-21-66-20-19-65-18-17-64-16-15-63-14-13-52-57-51/h7-10,25-26,33,39H,6,11-24,27-28H2,1-5H3,(H,54,61)(H,56,62)/b55-30-/t33?,39-/m1/s1. The van der Waals surface area contributed by atoms with Crippen LogP contribution in [0.3, 0.4) is 0 Å². The molecule has 2 aromatic heterocycles. The highest BCUT2D eigenvalue weighted by molar-refractivity contribution is 6.06. The molecule has 0 radical (unpaired) electrons. The van der Waals surface area contributed by atoms with E-state index in [-0.39, 0.29) is 24.7 Å². The topological polar surface area (TPSA) is 236 Å². The number of pyridine rings is 2. The Bertz CT molecular complexity index is 2680. The number of hydrazone groups is 1. The van der Waals surface area contributed by atoms with Gasteiger partial charge in [0.25, 0.3) is 11.5 Å². The number of hydrogen-bond acceptors (Lipinski definition) is 14. The van der Waals surface area contributed by atoms with Crippen LogP contribution in [0, 0.1) is 18.2 Å². The summed E-state index contributed by atoms with van der Waals surface area (Å²) in [5.41, 5.74) is 15.4. The molecule has 2 N–H and O–H groups in total. The van der Waals surface area contributed by atoms with Crippen LogP contribution in [0.25, 0.3) is 32.7 Å². The van der Waals surface area contributed by atoms with E-state index < -0.39 is 35.0 Å². The van der Waals surface area contributed by atoms with E-state index in [0.717, 1.165) is 27.6 Å². The molecule has 69 heavy (non-hydrogen) atoms. The van der Waals surface area contributed by atoms with E-state index in [1.807, 2.05) is 25.1 Å².